The van der Waals surface area contributed by atoms with Gasteiger partial charge in [0.05, 0.1) is 10.9 Å². The van der Waals surface area contributed by atoms with Gasteiger partial charge in [0.15, 0.2) is 0 Å². The third kappa shape index (κ3) is 3.81. The first-order chi connectivity index (χ1) is 8.43. The maximum atomic E-state index is 12.3. The predicted molar refractivity (Wildman–Crippen MR) is 78.0 cm³/mol. The van der Waals surface area contributed by atoms with Gasteiger partial charge in [0.25, 0.3) is 0 Å². The lowest BCUT2D eigenvalue weighted by atomic mass is 9.94. The molecule has 18 heavy (non-hydrogen) atoms. The van der Waals surface area contributed by atoms with Gasteiger partial charge in [-0.05, 0) is 11.5 Å². The Morgan fingerprint density at radius 3 is 2.33 bits per heavy atom. The van der Waals surface area contributed by atoms with Crippen molar-refractivity contribution >= 4 is 23.1 Å². The number of amides is 1. The minimum absolute atomic E-state index is 0.0126. The van der Waals surface area contributed by atoms with Crippen molar-refractivity contribution in [3.8, 4) is 0 Å². The molecule has 1 amide bonds. The molecule has 3 nitrogen and oxygen atoms in total. The summed E-state index contributed by atoms with van der Waals surface area (Å²) in [5.74, 6) is -0.275. The second kappa shape index (κ2) is 6.50. The molecule has 1 atom stereocenters. The van der Waals surface area contributed by atoms with Crippen LogP contribution >= 0.6 is 12.2 Å². The first-order valence-corrected chi connectivity index (χ1v) is 6.42. The fourth-order valence-corrected chi connectivity index (χ4v) is 2.28. The van der Waals surface area contributed by atoms with E-state index in [0.29, 0.717) is 6.54 Å². The first kappa shape index (κ1) is 14.6. The van der Waals surface area contributed by atoms with E-state index in [1.54, 1.807) is 11.9 Å². The summed E-state index contributed by atoms with van der Waals surface area (Å²) in [5.41, 5.74) is 6.75. The topological polar surface area (TPSA) is 46.3 Å². The summed E-state index contributed by atoms with van der Waals surface area (Å²) < 4.78 is 0. The van der Waals surface area contributed by atoms with E-state index in [2.05, 4.69) is 0 Å². The lowest BCUT2D eigenvalue weighted by Gasteiger charge is -2.25. The van der Waals surface area contributed by atoms with Crippen molar-refractivity contribution in [1.82, 2.24) is 4.90 Å². The summed E-state index contributed by atoms with van der Waals surface area (Å²) in [6, 6.07) is 9.86. The van der Waals surface area contributed by atoms with Gasteiger partial charge in [-0.1, -0.05) is 56.4 Å². The van der Waals surface area contributed by atoms with Crippen LogP contribution in [0.15, 0.2) is 30.3 Å². The smallest absolute Gasteiger partial charge is 0.232 e. The molecule has 0 aliphatic rings. The van der Waals surface area contributed by atoms with Crippen LogP contribution in [-0.4, -0.2) is 22.8 Å². The molecule has 0 aliphatic heterocycles. The van der Waals surface area contributed by atoms with E-state index >= 15 is 0 Å². The number of rotatable bonds is 5. The summed E-state index contributed by atoms with van der Waals surface area (Å²) in [6.07, 6.45) is 0. The highest BCUT2D eigenvalue weighted by Gasteiger charge is 2.27. The Labute approximate surface area is 114 Å². The van der Waals surface area contributed by atoms with E-state index in [9.17, 15) is 4.79 Å². The van der Waals surface area contributed by atoms with E-state index in [1.165, 1.54) is 0 Å². The summed E-state index contributed by atoms with van der Waals surface area (Å²) in [6.45, 7) is 4.49. The van der Waals surface area contributed by atoms with E-state index in [4.69, 9.17) is 18.0 Å². The van der Waals surface area contributed by atoms with Crippen molar-refractivity contribution in [2.24, 2.45) is 17.6 Å². The van der Waals surface area contributed by atoms with E-state index in [0.717, 1.165) is 5.56 Å². The van der Waals surface area contributed by atoms with Crippen molar-refractivity contribution < 1.29 is 4.79 Å². The van der Waals surface area contributed by atoms with Gasteiger partial charge in [-0.2, -0.15) is 0 Å². The average Bonchev–Trinajstić information content (AvgIpc) is 2.29. The summed E-state index contributed by atoms with van der Waals surface area (Å²) in [5, 5.41) is 0. The molecule has 0 spiro atoms. The summed E-state index contributed by atoms with van der Waals surface area (Å²) in [4.78, 5) is 14.2. The van der Waals surface area contributed by atoms with Crippen LogP contribution in [0.3, 0.4) is 0 Å². The zero-order chi connectivity index (χ0) is 13.7. The van der Waals surface area contributed by atoms with Gasteiger partial charge in [-0.15, -0.1) is 0 Å². The van der Waals surface area contributed by atoms with Crippen molar-refractivity contribution in [3.63, 3.8) is 0 Å². The van der Waals surface area contributed by atoms with Crippen molar-refractivity contribution in [3.05, 3.63) is 35.9 Å². The van der Waals surface area contributed by atoms with Gasteiger partial charge in [-0.25, -0.2) is 0 Å². The summed E-state index contributed by atoms with van der Waals surface area (Å²) >= 11 is 4.98. The quantitative estimate of drug-likeness (QED) is 0.829. The molecule has 0 aliphatic carbocycles. The van der Waals surface area contributed by atoms with Gasteiger partial charge < -0.3 is 10.6 Å². The average molecular weight is 264 g/mol. The molecule has 1 unspecified atom stereocenters. The highest BCUT2D eigenvalue weighted by atomic mass is 32.1. The highest BCUT2D eigenvalue weighted by molar-refractivity contribution is 7.80. The molecule has 0 saturated carbocycles. The third-order valence-corrected chi connectivity index (χ3v) is 3.13. The second-order valence-electron chi connectivity index (χ2n) is 4.80. The minimum Gasteiger partial charge on any atom is -0.393 e. The molecular weight excluding hydrogens is 244 g/mol. The van der Waals surface area contributed by atoms with Crippen LogP contribution in [-0.2, 0) is 11.3 Å². The molecule has 1 aromatic rings. The van der Waals surface area contributed by atoms with E-state index in [-0.39, 0.29) is 22.7 Å². The number of benzene rings is 1. The van der Waals surface area contributed by atoms with Crippen LogP contribution in [0.1, 0.15) is 19.4 Å². The maximum Gasteiger partial charge on any atom is 0.232 e. The fourth-order valence-electron chi connectivity index (χ4n) is 1.91. The molecule has 0 radical (unpaired) electrons. The van der Waals surface area contributed by atoms with Crippen LogP contribution in [0.2, 0.25) is 0 Å². The molecule has 0 saturated heterocycles. The standard InChI is InChI=1S/C14H20N2OS/c1-10(2)12(13(15)18)14(17)16(3)9-11-7-5-4-6-8-11/h4-8,10,12H,9H2,1-3H3,(H2,15,18). The molecule has 0 fully saturated rings. The lowest BCUT2D eigenvalue weighted by molar-refractivity contribution is -0.133. The van der Waals surface area contributed by atoms with Crippen LogP contribution in [0.5, 0.6) is 0 Å². The SMILES string of the molecule is CC(C)C(C(=O)N(C)Cc1ccccc1)C(N)=S. The number of hydrogen-bond donors (Lipinski definition) is 1. The predicted octanol–water partition coefficient (Wildman–Crippen LogP) is 2.20. The molecule has 1 aromatic carbocycles. The Balaban J connectivity index is 2.74. The number of nitrogens with two attached hydrogens (primary N) is 1. The molecular formula is C14H20N2OS. The molecule has 0 heterocycles. The van der Waals surface area contributed by atoms with Crippen molar-refractivity contribution in [2.75, 3.05) is 7.05 Å². The molecule has 0 aromatic heterocycles. The Hall–Kier alpha value is -1.42. The Morgan fingerprint density at radius 1 is 1.33 bits per heavy atom. The lowest BCUT2D eigenvalue weighted by Crippen LogP contribution is -2.41. The minimum atomic E-state index is -0.381. The van der Waals surface area contributed by atoms with Gasteiger partial charge >= 0.3 is 0 Å². The molecule has 98 valence electrons. The Kier molecular flexibility index (Phi) is 5.28. The van der Waals surface area contributed by atoms with Gasteiger partial charge in [0.2, 0.25) is 5.91 Å². The molecule has 1 rings (SSSR count). The monoisotopic (exact) mass is 264 g/mol. The third-order valence-electron chi connectivity index (χ3n) is 2.88. The van der Waals surface area contributed by atoms with E-state index in [1.807, 2.05) is 44.2 Å². The Bertz CT molecular complexity index is 417. The number of thiocarbonyl (C=S) groups is 1. The number of carbonyl (C=O) groups excluding carboxylic acids is 1. The molecule has 2 N–H and O–H groups in total. The largest absolute Gasteiger partial charge is 0.393 e. The van der Waals surface area contributed by atoms with Crippen LogP contribution in [0.4, 0.5) is 0 Å². The number of nitrogens with zero attached hydrogens (tertiary/aromatic N) is 1. The van der Waals surface area contributed by atoms with Gasteiger partial charge in [0, 0.05) is 13.6 Å². The van der Waals surface area contributed by atoms with Crippen LogP contribution in [0.25, 0.3) is 0 Å². The van der Waals surface area contributed by atoms with E-state index < -0.39 is 0 Å². The highest BCUT2D eigenvalue weighted by Crippen LogP contribution is 2.15. The Morgan fingerprint density at radius 2 is 1.89 bits per heavy atom. The van der Waals surface area contributed by atoms with Crippen molar-refractivity contribution in [1.29, 1.82) is 0 Å². The van der Waals surface area contributed by atoms with Crippen LogP contribution in [0, 0.1) is 11.8 Å². The second-order valence-corrected chi connectivity index (χ2v) is 5.28. The molecule has 0 bridgehead atoms. The maximum absolute atomic E-state index is 12.3. The van der Waals surface area contributed by atoms with Crippen LogP contribution < -0.4 is 5.73 Å². The van der Waals surface area contributed by atoms with Gasteiger partial charge in [0.1, 0.15) is 0 Å². The zero-order valence-electron chi connectivity index (χ0n) is 11.1. The fraction of sp³-hybridized carbons (Fsp3) is 0.429. The number of hydrogen-bond acceptors (Lipinski definition) is 2. The number of carbonyl (C=O) groups is 1. The normalized spacial score (nSPS) is 12.2. The first-order valence-electron chi connectivity index (χ1n) is 6.01. The van der Waals surface area contributed by atoms with Crippen molar-refractivity contribution in [2.45, 2.75) is 20.4 Å². The zero-order valence-corrected chi connectivity index (χ0v) is 11.9. The van der Waals surface area contributed by atoms with Gasteiger partial charge in [-0.3, -0.25) is 4.79 Å². The molecule has 4 heteroatoms. The summed E-state index contributed by atoms with van der Waals surface area (Å²) in [7, 11) is 1.78.